The Labute approximate surface area is 186 Å². The average molecular weight is 449 g/mol. The van der Waals surface area contributed by atoms with Crippen LogP contribution in [0.25, 0.3) is 27.6 Å². The normalized spacial score (nSPS) is 12.3. The lowest BCUT2D eigenvalue weighted by atomic mass is 10.0. The molecule has 0 saturated heterocycles. The van der Waals surface area contributed by atoms with E-state index in [9.17, 15) is 9.18 Å². The van der Waals surface area contributed by atoms with Crippen molar-refractivity contribution in [2.75, 3.05) is 5.32 Å². The molecule has 2 N–H and O–H groups in total. The Bertz CT molecular complexity index is 1510. The molecule has 0 amide bonds. The summed E-state index contributed by atoms with van der Waals surface area (Å²) in [4.78, 5) is 29.2. The molecule has 3 aromatic heterocycles. The molecule has 0 saturated carbocycles. The van der Waals surface area contributed by atoms with Crippen LogP contribution in [0.3, 0.4) is 0 Å². The van der Waals surface area contributed by atoms with Crippen LogP contribution in [0.4, 0.5) is 10.2 Å². The van der Waals surface area contributed by atoms with E-state index in [1.807, 2.05) is 13.0 Å². The molecule has 0 aliphatic carbocycles. The molecule has 0 bridgehead atoms. The first-order chi connectivity index (χ1) is 15.6. The lowest BCUT2D eigenvalue weighted by Gasteiger charge is -2.24. The minimum absolute atomic E-state index is 0.0176. The second kappa shape index (κ2) is 8.05. The summed E-state index contributed by atoms with van der Waals surface area (Å²) < 4.78 is 16.1. The molecule has 2 aromatic carbocycles. The Morgan fingerprint density at radius 3 is 2.81 bits per heavy atom. The van der Waals surface area contributed by atoms with Crippen molar-refractivity contribution in [2.45, 2.75) is 19.4 Å². The molecule has 0 spiro atoms. The zero-order valence-corrected chi connectivity index (χ0v) is 17.8. The molecule has 32 heavy (non-hydrogen) atoms. The third-order valence-electron chi connectivity index (χ3n) is 5.42. The molecular formula is C23H18ClFN6O. The minimum Gasteiger partial charge on any atom is -0.360 e. The number of nitrogens with zero attached hydrogens (tertiary/aromatic N) is 4. The fourth-order valence-corrected chi connectivity index (χ4v) is 4.12. The van der Waals surface area contributed by atoms with Gasteiger partial charge >= 0.3 is 0 Å². The molecule has 5 rings (SSSR count). The SMILES string of the molecule is CC[C@@H](Nc1ncnc2nc[nH]c12)c1cc2cccc(F)c2c(=O)n1-c1ccccc1Cl. The fraction of sp³-hybridized carbons (Fsp3) is 0.130. The smallest absolute Gasteiger partial charge is 0.266 e. The number of halogens is 2. The Kier molecular flexibility index (Phi) is 5.07. The van der Waals surface area contributed by atoms with E-state index < -0.39 is 11.4 Å². The molecule has 0 aliphatic heterocycles. The van der Waals surface area contributed by atoms with Gasteiger partial charge in [0.1, 0.15) is 17.7 Å². The third kappa shape index (κ3) is 3.29. The zero-order chi connectivity index (χ0) is 22.2. The van der Waals surface area contributed by atoms with Crippen LogP contribution in [0.15, 0.2) is 66.0 Å². The summed E-state index contributed by atoms with van der Waals surface area (Å²) in [6.07, 6.45) is 3.59. The number of anilines is 1. The largest absolute Gasteiger partial charge is 0.360 e. The van der Waals surface area contributed by atoms with Gasteiger partial charge in [0.15, 0.2) is 11.5 Å². The first-order valence-corrected chi connectivity index (χ1v) is 10.5. The molecule has 0 unspecified atom stereocenters. The van der Waals surface area contributed by atoms with Gasteiger partial charge < -0.3 is 10.3 Å². The van der Waals surface area contributed by atoms with Gasteiger partial charge in [-0.2, -0.15) is 0 Å². The van der Waals surface area contributed by atoms with Crippen LogP contribution in [0.1, 0.15) is 25.1 Å². The number of aromatic nitrogens is 5. The summed E-state index contributed by atoms with van der Waals surface area (Å²) in [6.45, 7) is 1.99. The van der Waals surface area contributed by atoms with Gasteiger partial charge in [-0.3, -0.25) is 9.36 Å². The second-order valence-electron chi connectivity index (χ2n) is 7.29. The predicted octanol–water partition coefficient (Wildman–Crippen LogP) is 5.01. The fourth-order valence-electron chi connectivity index (χ4n) is 3.90. The van der Waals surface area contributed by atoms with Gasteiger partial charge in [0, 0.05) is 5.69 Å². The lowest BCUT2D eigenvalue weighted by molar-refractivity contribution is 0.635. The number of H-pyrrole nitrogens is 1. The topological polar surface area (TPSA) is 88.5 Å². The van der Waals surface area contributed by atoms with E-state index in [2.05, 4.69) is 25.3 Å². The third-order valence-corrected chi connectivity index (χ3v) is 5.74. The summed E-state index contributed by atoms with van der Waals surface area (Å²) in [5.74, 6) is -0.0207. The number of para-hydroxylation sites is 1. The standard InChI is InChI=1S/C23H18ClFN6O/c1-2-16(30-22-20-21(27-11-26-20)28-12-29-22)18-10-13-6-5-8-15(25)19(13)23(32)31(18)17-9-4-3-7-14(17)24/h3-12,16H,2H2,1H3,(H2,26,27,28,29,30)/t16-/m1/s1. The van der Waals surface area contributed by atoms with Crippen molar-refractivity contribution in [3.05, 3.63) is 88.1 Å². The van der Waals surface area contributed by atoms with E-state index in [1.54, 1.807) is 42.7 Å². The summed E-state index contributed by atoms with van der Waals surface area (Å²) >= 11 is 6.46. The van der Waals surface area contributed by atoms with Crippen molar-refractivity contribution >= 4 is 39.4 Å². The molecule has 0 aliphatic rings. The van der Waals surface area contributed by atoms with Crippen molar-refractivity contribution in [2.24, 2.45) is 0 Å². The van der Waals surface area contributed by atoms with Crippen LogP contribution in [0.5, 0.6) is 0 Å². The molecule has 9 heteroatoms. The quantitative estimate of drug-likeness (QED) is 0.394. The molecule has 160 valence electrons. The Balaban J connectivity index is 1.76. The highest BCUT2D eigenvalue weighted by atomic mass is 35.5. The molecular weight excluding hydrogens is 431 g/mol. The van der Waals surface area contributed by atoms with Gasteiger partial charge in [-0.05, 0) is 36.1 Å². The van der Waals surface area contributed by atoms with Crippen LogP contribution in [0, 0.1) is 5.82 Å². The molecule has 7 nitrogen and oxygen atoms in total. The number of imidazole rings is 1. The van der Waals surface area contributed by atoms with E-state index in [0.29, 0.717) is 45.2 Å². The summed E-state index contributed by atoms with van der Waals surface area (Å²) in [6, 6.07) is 13.1. The maximum atomic E-state index is 14.7. The van der Waals surface area contributed by atoms with Crippen LogP contribution in [-0.4, -0.2) is 24.5 Å². The van der Waals surface area contributed by atoms with E-state index in [4.69, 9.17) is 11.6 Å². The maximum absolute atomic E-state index is 14.7. The summed E-state index contributed by atoms with van der Waals surface area (Å²) in [5.41, 5.74) is 1.83. The molecule has 3 heterocycles. The molecule has 5 aromatic rings. The zero-order valence-electron chi connectivity index (χ0n) is 17.0. The van der Waals surface area contributed by atoms with Gasteiger partial charge in [-0.1, -0.05) is 42.8 Å². The number of hydrogen-bond acceptors (Lipinski definition) is 5. The van der Waals surface area contributed by atoms with E-state index >= 15 is 0 Å². The Morgan fingerprint density at radius 1 is 1.16 bits per heavy atom. The van der Waals surface area contributed by atoms with Crippen LogP contribution < -0.4 is 10.9 Å². The van der Waals surface area contributed by atoms with Crippen molar-refractivity contribution in [1.29, 1.82) is 0 Å². The number of benzene rings is 2. The Hall–Kier alpha value is -3.78. The van der Waals surface area contributed by atoms with Crippen molar-refractivity contribution < 1.29 is 4.39 Å². The van der Waals surface area contributed by atoms with Crippen molar-refractivity contribution in [3.63, 3.8) is 0 Å². The highest BCUT2D eigenvalue weighted by molar-refractivity contribution is 6.32. The first-order valence-electron chi connectivity index (χ1n) is 10.1. The molecule has 0 fully saturated rings. The van der Waals surface area contributed by atoms with Crippen LogP contribution in [-0.2, 0) is 0 Å². The van der Waals surface area contributed by atoms with Gasteiger partial charge in [0.05, 0.1) is 28.5 Å². The van der Waals surface area contributed by atoms with E-state index in [0.717, 1.165) is 0 Å². The van der Waals surface area contributed by atoms with Crippen molar-refractivity contribution in [3.8, 4) is 5.69 Å². The average Bonchev–Trinajstić information content (AvgIpc) is 3.28. The number of rotatable bonds is 5. The highest BCUT2D eigenvalue weighted by Gasteiger charge is 2.22. The van der Waals surface area contributed by atoms with Gasteiger partial charge in [0.2, 0.25) is 0 Å². The number of fused-ring (bicyclic) bond motifs is 2. The minimum atomic E-state index is -0.573. The number of aromatic amines is 1. The maximum Gasteiger partial charge on any atom is 0.266 e. The molecule has 1 atom stereocenters. The van der Waals surface area contributed by atoms with Gasteiger partial charge in [-0.15, -0.1) is 0 Å². The van der Waals surface area contributed by atoms with E-state index in [1.165, 1.54) is 17.0 Å². The van der Waals surface area contributed by atoms with E-state index in [-0.39, 0.29) is 11.4 Å². The summed E-state index contributed by atoms with van der Waals surface area (Å²) in [7, 11) is 0. The lowest BCUT2D eigenvalue weighted by Crippen LogP contribution is -2.27. The highest BCUT2D eigenvalue weighted by Crippen LogP contribution is 2.30. The summed E-state index contributed by atoms with van der Waals surface area (Å²) in [5, 5.41) is 4.31. The second-order valence-corrected chi connectivity index (χ2v) is 7.70. The van der Waals surface area contributed by atoms with Crippen molar-refractivity contribution in [1.82, 2.24) is 24.5 Å². The van der Waals surface area contributed by atoms with Crippen LogP contribution in [0.2, 0.25) is 5.02 Å². The number of hydrogen-bond donors (Lipinski definition) is 2. The monoisotopic (exact) mass is 448 g/mol. The first kappa shape index (κ1) is 20.1. The predicted molar refractivity (Wildman–Crippen MR) is 123 cm³/mol. The number of nitrogens with one attached hydrogen (secondary N) is 2. The van der Waals surface area contributed by atoms with Gasteiger partial charge in [-0.25, -0.2) is 19.3 Å². The Morgan fingerprint density at radius 2 is 2.00 bits per heavy atom. The van der Waals surface area contributed by atoms with Crippen LogP contribution >= 0.6 is 11.6 Å². The molecule has 0 radical (unpaired) electrons. The van der Waals surface area contributed by atoms with Gasteiger partial charge in [0.25, 0.3) is 5.56 Å². The number of pyridine rings is 1.